The van der Waals surface area contributed by atoms with Crippen molar-refractivity contribution in [3.63, 3.8) is 0 Å². The van der Waals surface area contributed by atoms with Crippen molar-refractivity contribution in [2.24, 2.45) is 0 Å². The summed E-state index contributed by atoms with van der Waals surface area (Å²) in [6.07, 6.45) is 1.41. The molecule has 0 aliphatic rings. The largest absolute Gasteiger partial charge is 0.466 e. The van der Waals surface area contributed by atoms with Gasteiger partial charge < -0.3 is 4.74 Å². The van der Waals surface area contributed by atoms with Crippen LogP contribution in [0.5, 0.6) is 0 Å². The van der Waals surface area contributed by atoms with E-state index in [1.165, 1.54) is 49.6 Å². The Morgan fingerprint density at radius 2 is 1.75 bits per heavy atom. The molecule has 0 aliphatic heterocycles. The highest BCUT2D eigenvalue weighted by Gasteiger charge is 2.36. The van der Waals surface area contributed by atoms with Gasteiger partial charge in [0.15, 0.2) is 0 Å². The maximum atomic E-state index is 13.4. The molecule has 0 aromatic heterocycles. The molecular weight excluding hydrogens is 381 g/mol. The van der Waals surface area contributed by atoms with Crippen molar-refractivity contribution in [2.75, 3.05) is 13.7 Å². The van der Waals surface area contributed by atoms with E-state index in [2.05, 4.69) is 13.2 Å². The van der Waals surface area contributed by atoms with Crippen molar-refractivity contribution >= 4 is 16.0 Å². The Bertz CT molecular complexity index is 966. The third kappa shape index (κ3) is 4.55. The van der Waals surface area contributed by atoms with Gasteiger partial charge in [0.1, 0.15) is 5.82 Å². The summed E-state index contributed by atoms with van der Waals surface area (Å²) in [7, 11) is -2.84. The highest BCUT2D eigenvalue weighted by Crippen LogP contribution is 2.33. The predicted molar refractivity (Wildman–Crippen MR) is 106 cm³/mol. The maximum absolute atomic E-state index is 13.4. The van der Waals surface area contributed by atoms with Gasteiger partial charge in [-0.3, -0.25) is 0 Å². The molecule has 5 nitrogen and oxygen atoms in total. The van der Waals surface area contributed by atoms with E-state index in [1.807, 2.05) is 6.92 Å². The molecule has 0 radical (unpaired) electrons. The van der Waals surface area contributed by atoms with Crippen LogP contribution in [0.3, 0.4) is 0 Å². The topological polar surface area (TPSA) is 63.7 Å². The number of sulfonamides is 1. The van der Waals surface area contributed by atoms with Gasteiger partial charge in [0.25, 0.3) is 0 Å². The number of methoxy groups -OCH3 is 1. The number of carbonyl (C=O) groups is 1. The Labute approximate surface area is 164 Å². The Kier molecular flexibility index (Phi) is 6.88. The van der Waals surface area contributed by atoms with Gasteiger partial charge in [-0.1, -0.05) is 42.5 Å². The molecule has 0 bridgehead atoms. The summed E-state index contributed by atoms with van der Waals surface area (Å²) in [6, 6.07) is 10.5. The van der Waals surface area contributed by atoms with Crippen LogP contribution in [0.4, 0.5) is 4.39 Å². The number of nitrogens with zero attached hydrogens (tertiary/aromatic N) is 1. The van der Waals surface area contributed by atoms with Crippen molar-refractivity contribution in [3.05, 3.63) is 90.3 Å². The number of esters is 1. The van der Waals surface area contributed by atoms with Crippen LogP contribution in [0.2, 0.25) is 0 Å². The van der Waals surface area contributed by atoms with Crippen molar-refractivity contribution in [1.29, 1.82) is 0 Å². The third-order valence-electron chi connectivity index (χ3n) is 4.19. The number of aryl methyl sites for hydroxylation is 1. The Balaban J connectivity index is 2.65. The molecule has 0 aliphatic carbocycles. The monoisotopic (exact) mass is 403 g/mol. The summed E-state index contributed by atoms with van der Waals surface area (Å²) in [4.78, 5) is 12.2. The van der Waals surface area contributed by atoms with Crippen LogP contribution < -0.4 is 0 Å². The van der Waals surface area contributed by atoms with Gasteiger partial charge in [0, 0.05) is 6.54 Å². The summed E-state index contributed by atoms with van der Waals surface area (Å²) in [5, 5.41) is 0. The zero-order chi connectivity index (χ0) is 20.9. The maximum Gasteiger partial charge on any atom is 0.335 e. The molecule has 1 atom stereocenters. The lowest BCUT2D eigenvalue weighted by Crippen LogP contribution is -2.37. The number of hydrogen-bond donors (Lipinski definition) is 0. The second-order valence-electron chi connectivity index (χ2n) is 6.15. The minimum Gasteiger partial charge on any atom is -0.466 e. The Hall–Kier alpha value is -2.77. The summed E-state index contributed by atoms with van der Waals surface area (Å²) in [5.74, 6) is -1.25. The summed E-state index contributed by atoms with van der Waals surface area (Å²) < 4.78 is 45.9. The third-order valence-corrected chi connectivity index (χ3v) is 6.03. The van der Waals surface area contributed by atoms with E-state index in [-0.39, 0.29) is 17.0 Å². The molecule has 0 fully saturated rings. The summed E-state index contributed by atoms with van der Waals surface area (Å²) in [6.45, 7) is 9.12. The first-order valence-electron chi connectivity index (χ1n) is 8.44. The fraction of sp³-hybridized carbons (Fsp3) is 0.190. The van der Waals surface area contributed by atoms with Crippen LogP contribution in [-0.4, -0.2) is 32.3 Å². The van der Waals surface area contributed by atoms with E-state index in [1.54, 1.807) is 12.1 Å². The number of carbonyl (C=O) groups excluding carboxylic acids is 1. The molecule has 0 saturated carbocycles. The highest BCUT2D eigenvalue weighted by molar-refractivity contribution is 7.89. The van der Waals surface area contributed by atoms with Crippen LogP contribution in [0.25, 0.3) is 0 Å². The van der Waals surface area contributed by atoms with E-state index in [9.17, 15) is 17.6 Å². The van der Waals surface area contributed by atoms with E-state index < -0.39 is 27.9 Å². The second kappa shape index (κ2) is 8.95. The quantitative estimate of drug-likeness (QED) is 0.382. The van der Waals surface area contributed by atoms with Gasteiger partial charge >= 0.3 is 5.97 Å². The zero-order valence-corrected chi connectivity index (χ0v) is 16.6. The van der Waals surface area contributed by atoms with Crippen LogP contribution in [0.1, 0.15) is 17.2 Å². The van der Waals surface area contributed by atoms with Gasteiger partial charge in [-0.05, 0) is 36.8 Å². The average Bonchev–Trinajstić information content (AvgIpc) is 2.68. The molecule has 0 heterocycles. The fourth-order valence-corrected chi connectivity index (χ4v) is 4.32. The smallest absolute Gasteiger partial charge is 0.335 e. The molecule has 2 rings (SSSR count). The number of benzene rings is 2. The SMILES string of the molecule is C=CCN([C@@H](C(=C)C(=O)OC)c1ccc(F)cc1)S(=O)(=O)c1ccc(C)cc1. The van der Waals surface area contributed by atoms with Gasteiger partial charge in [0.05, 0.1) is 23.6 Å². The van der Waals surface area contributed by atoms with Gasteiger partial charge in [-0.25, -0.2) is 17.6 Å². The van der Waals surface area contributed by atoms with E-state index in [0.29, 0.717) is 5.56 Å². The van der Waals surface area contributed by atoms with Crippen molar-refractivity contribution in [1.82, 2.24) is 4.31 Å². The molecule has 0 saturated heterocycles. The highest BCUT2D eigenvalue weighted by atomic mass is 32.2. The zero-order valence-electron chi connectivity index (χ0n) is 15.8. The summed E-state index contributed by atoms with van der Waals surface area (Å²) in [5.41, 5.74) is 1.20. The normalized spacial score (nSPS) is 12.4. The molecule has 7 heteroatoms. The lowest BCUT2D eigenvalue weighted by molar-refractivity contribution is -0.136. The number of rotatable bonds is 8. The molecule has 28 heavy (non-hydrogen) atoms. The molecule has 0 spiro atoms. The molecule has 148 valence electrons. The predicted octanol–water partition coefficient (Wildman–Crippen LogP) is 3.78. The standard InChI is InChI=1S/C21H22FNO4S/c1-5-14-23(28(25,26)19-12-6-15(2)7-13-19)20(16(3)21(24)27-4)17-8-10-18(22)11-9-17/h5-13,20H,1,3,14H2,2,4H3/t20-/m0/s1. The van der Waals surface area contributed by atoms with E-state index in [4.69, 9.17) is 4.74 Å². The molecular formula is C21H22FNO4S. The van der Waals surface area contributed by atoms with E-state index in [0.717, 1.165) is 9.87 Å². The molecule has 2 aromatic carbocycles. The molecule has 0 unspecified atom stereocenters. The van der Waals surface area contributed by atoms with Crippen LogP contribution in [0.15, 0.2) is 78.2 Å². The molecule has 0 N–H and O–H groups in total. The second-order valence-corrected chi connectivity index (χ2v) is 8.04. The van der Waals surface area contributed by atoms with Crippen LogP contribution in [0, 0.1) is 12.7 Å². The first-order valence-corrected chi connectivity index (χ1v) is 9.88. The van der Waals surface area contributed by atoms with Crippen molar-refractivity contribution < 1.29 is 22.3 Å². The Morgan fingerprint density at radius 3 is 2.25 bits per heavy atom. The van der Waals surface area contributed by atoms with Crippen LogP contribution >= 0.6 is 0 Å². The average molecular weight is 403 g/mol. The number of hydrogen-bond acceptors (Lipinski definition) is 4. The van der Waals surface area contributed by atoms with Gasteiger partial charge in [-0.15, -0.1) is 6.58 Å². The van der Waals surface area contributed by atoms with Crippen molar-refractivity contribution in [3.8, 4) is 0 Å². The molecule has 0 amide bonds. The molecule has 2 aromatic rings. The fourth-order valence-electron chi connectivity index (χ4n) is 2.74. The van der Waals surface area contributed by atoms with Gasteiger partial charge in [-0.2, -0.15) is 4.31 Å². The van der Waals surface area contributed by atoms with Crippen LogP contribution in [-0.2, 0) is 19.6 Å². The lowest BCUT2D eigenvalue weighted by Gasteiger charge is -2.31. The number of halogens is 1. The first kappa shape index (κ1) is 21.5. The minimum absolute atomic E-state index is 0.0599. The van der Waals surface area contributed by atoms with E-state index >= 15 is 0 Å². The number of ether oxygens (including phenoxy) is 1. The minimum atomic E-state index is -4.02. The van der Waals surface area contributed by atoms with Gasteiger partial charge in [0.2, 0.25) is 10.0 Å². The first-order chi connectivity index (χ1) is 13.2. The lowest BCUT2D eigenvalue weighted by atomic mass is 9.99. The van der Waals surface area contributed by atoms with Crippen molar-refractivity contribution in [2.45, 2.75) is 17.9 Å². The summed E-state index contributed by atoms with van der Waals surface area (Å²) >= 11 is 0. The Morgan fingerprint density at radius 1 is 1.18 bits per heavy atom.